The first-order chi connectivity index (χ1) is 20.0. The molecule has 0 saturated carbocycles. The van der Waals surface area contributed by atoms with Gasteiger partial charge in [0.2, 0.25) is 5.91 Å². The van der Waals surface area contributed by atoms with Gasteiger partial charge in [-0.05, 0) is 36.4 Å². The zero-order chi connectivity index (χ0) is 28.6. The number of piperazine rings is 1. The van der Waals surface area contributed by atoms with Gasteiger partial charge in [-0.3, -0.25) is 14.5 Å². The molecule has 10 nitrogen and oxygen atoms in total. The highest BCUT2D eigenvalue weighted by Gasteiger charge is 2.23. The number of carbonyl (C=O) groups is 2. The molecule has 0 bridgehead atoms. The van der Waals surface area contributed by atoms with Gasteiger partial charge in [0.25, 0.3) is 5.91 Å². The number of hydrogen-bond acceptors (Lipinski definition) is 7. The van der Waals surface area contributed by atoms with Gasteiger partial charge in [-0.2, -0.15) is 5.26 Å². The van der Waals surface area contributed by atoms with E-state index in [1.807, 2.05) is 64.5 Å². The molecule has 2 N–H and O–H groups in total. The van der Waals surface area contributed by atoms with E-state index in [4.69, 9.17) is 0 Å². The molecule has 10 heteroatoms. The summed E-state index contributed by atoms with van der Waals surface area (Å²) in [4.78, 5) is 43.0. The molecule has 0 unspecified atom stereocenters. The summed E-state index contributed by atoms with van der Waals surface area (Å²) in [5, 5.41) is 12.9. The summed E-state index contributed by atoms with van der Waals surface area (Å²) in [6.07, 6.45) is 3.31. The van der Waals surface area contributed by atoms with Crippen molar-refractivity contribution in [1.82, 2.24) is 30.1 Å². The van der Waals surface area contributed by atoms with Crippen molar-refractivity contribution >= 4 is 34.4 Å². The van der Waals surface area contributed by atoms with Crippen molar-refractivity contribution in [2.75, 3.05) is 50.7 Å². The average Bonchev–Trinajstić information content (AvgIpc) is 3.49. The number of carbonyl (C=O) groups excluding carboxylic acids is 2. The molecular weight excluding hydrogens is 516 g/mol. The third-order valence-corrected chi connectivity index (χ3v) is 6.94. The van der Waals surface area contributed by atoms with E-state index in [9.17, 15) is 14.9 Å². The van der Waals surface area contributed by atoms with Crippen LogP contribution in [-0.2, 0) is 4.79 Å². The SMILES string of the molecule is CC(=O)NCCN(c1cccc(C(=O)N2CCN(CC#Cc3ccccc3C#N)CC2)c1)c1ncnc2[nH]ccc12. The summed E-state index contributed by atoms with van der Waals surface area (Å²) in [5.74, 6) is 6.82. The molecule has 0 radical (unpaired) electrons. The van der Waals surface area contributed by atoms with E-state index >= 15 is 0 Å². The topological polar surface area (TPSA) is 121 Å². The number of aromatic nitrogens is 3. The summed E-state index contributed by atoms with van der Waals surface area (Å²) in [6, 6.07) is 18.9. The highest BCUT2D eigenvalue weighted by molar-refractivity contribution is 5.96. The van der Waals surface area contributed by atoms with E-state index in [1.54, 1.807) is 6.07 Å². The molecule has 1 saturated heterocycles. The Balaban J connectivity index is 1.27. The summed E-state index contributed by atoms with van der Waals surface area (Å²) in [7, 11) is 0. The summed E-state index contributed by atoms with van der Waals surface area (Å²) >= 11 is 0. The monoisotopic (exact) mass is 546 g/mol. The lowest BCUT2D eigenvalue weighted by atomic mass is 10.1. The maximum absolute atomic E-state index is 13.5. The van der Waals surface area contributed by atoms with Gasteiger partial charge in [-0.1, -0.05) is 30.0 Å². The zero-order valence-corrected chi connectivity index (χ0v) is 22.8. The van der Waals surface area contributed by atoms with Crippen molar-refractivity contribution in [2.45, 2.75) is 6.92 Å². The number of fused-ring (bicyclic) bond motifs is 1. The fourth-order valence-electron chi connectivity index (χ4n) is 4.81. The van der Waals surface area contributed by atoms with Crippen LogP contribution in [0.25, 0.3) is 11.0 Å². The average molecular weight is 547 g/mol. The number of benzene rings is 2. The smallest absolute Gasteiger partial charge is 0.254 e. The Morgan fingerprint density at radius 2 is 1.85 bits per heavy atom. The van der Waals surface area contributed by atoms with Gasteiger partial charge in [0.05, 0.1) is 17.5 Å². The highest BCUT2D eigenvalue weighted by atomic mass is 16.2. The fraction of sp³-hybridized carbons (Fsp3) is 0.258. The van der Waals surface area contributed by atoms with Crippen molar-refractivity contribution in [3.8, 4) is 17.9 Å². The molecule has 0 aliphatic carbocycles. The van der Waals surface area contributed by atoms with Crippen LogP contribution in [0.5, 0.6) is 0 Å². The Hall–Kier alpha value is -5.19. The predicted molar refractivity (Wildman–Crippen MR) is 156 cm³/mol. The lowest BCUT2D eigenvalue weighted by molar-refractivity contribution is -0.118. The molecule has 0 atom stereocenters. The molecule has 2 amide bonds. The predicted octanol–water partition coefficient (Wildman–Crippen LogP) is 2.91. The summed E-state index contributed by atoms with van der Waals surface area (Å²) in [5.41, 5.74) is 3.41. The largest absolute Gasteiger partial charge is 0.355 e. The van der Waals surface area contributed by atoms with Crippen molar-refractivity contribution in [3.05, 3.63) is 83.8 Å². The first kappa shape index (κ1) is 27.4. The van der Waals surface area contributed by atoms with Crippen molar-refractivity contribution in [1.29, 1.82) is 5.26 Å². The number of rotatable bonds is 7. The van der Waals surface area contributed by atoms with E-state index < -0.39 is 0 Å². The number of nitrogens with zero attached hydrogens (tertiary/aromatic N) is 6. The van der Waals surface area contributed by atoms with Crippen LogP contribution in [0.1, 0.15) is 28.4 Å². The van der Waals surface area contributed by atoms with E-state index in [2.05, 4.69) is 43.1 Å². The highest BCUT2D eigenvalue weighted by Crippen LogP contribution is 2.29. The maximum Gasteiger partial charge on any atom is 0.254 e. The van der Waals surface area contributed by atoms with Gasteiger partial charge in [0, 0.05) is 69.2 Å². The first-order valence-corrected chi connectivity index (χ1v) is 13.4. The van der Waals surface area contributed by atoms with Crippen LogP contribution in [0, 0.1) is 23.2 Å². The molecule has 1 aliphatic heterocycles. The third kappa shape index (κ3) is 6.52. The standard InChI is InChI=1S/C31H30N8O2/c1-23(40)33-13-15-39(30-28-11-12-34-29(28)35-22-36-30)27-10-4-8-25(20-27)31(41)38-18-16-37(17-19-38)14-5-9-24-6-2-3-7-26(24)21-32/h2-4,6-8,10-12,20,22H,13-19H2,1H3,(H,33,40)(H,34,35,36). The van der Waals surface area contributed by atoms with E-state index in [-0.39, 0.29) is 11.8 Å². The minimum absolute atomic E-state index is 0.0307. The van der Waals surface area contributed by atoms with Crippen LogP contribution >= 0.6 is 0 Å². The van der Waals surface area contributed by atoms with Gasteiger partial charge in [-0.15, -0.1) is 0 Å². The number of nitrogens with one attached hydrogen (secondary N) is 2. The Morgan fingerprint density at radius 3 is 2.63 bits per heavy atom. The molecular formula is C31H30N8O2. The Kier molecular flexibility index (Phi) is 8.53. The number of hydrogen-bond donors (Lipinski definition) is 2. The molecule has 1 fully saturated rings. The maximum atomic E-state index is 13.5. The van der Waals surface area contributed by atoms with Gasteiger partial charge < -0.3 is 20.1 Å². The van der Waals surface area contributed by atoms with E-state index in [1.165, 1.54) is 13.3 Å². The second kappa shape index (κ2) is 12.8. The Morgan fingerprint density at radius 1 is 1.05 bits per heavy atom. The number of aromatic amines is 1. The van der Waals surface area contributed by atoms with Crippen LogP contribution in [0.3, 0.4) is 0 Å². The van der Waals surface area contributed by atoms with Crippen molar-refractivity contribution in [2.24, 2.45) is 0 Å². The molecule has 5 rings (SSSR count). The van der Waals surface area contributed by atoms with Crippen LogP contribution in [0.2, 0.25) is 0 Å². The van der Waals surface area contributed by atoms with Crippen LogP contribution < -0.4 is 10.2 Å². The van der Waals surface area contributed by atoms with Crippen LogP contribution in [0.4, 0.5) is 11.5 Å². The summed E-state index contributed by atoms with van der Waals surface area (Å²) in [6.45, 7) is 5.57. The first-order valence-electron chi connectivity index (χ1n) is 13.4. The quantitative estimate of drug-likeness (QED) is 0.342. The fourth-order valence-corrected chi connectivity index (χ4v) is 4.81. The van der Waals surface area contributed by atoms with Crippen molar-refractivity contribution < 1.29 is 9.59 Å². The lowest BCUT2D eigenvalue weighted by Crippen LogP contribution is -2.48. The number of amides is 2. The van der Waals surface area contributed by atoms with Crippen molar-refractivity contribution in [3.63, 3.8) is 0 Å². The Labute approximate surface area is 238 Å². The van der Waals surface area contributed by atoms with Gasteiger partial charge in [0.1, 0.15) is 23.9 Å². The minimum atomic E-state index is -0.111. The lowest BCUT2D eigenvalue weighted by Gasteiger charge is -2.34. The zero-order valence-electron chi connectivity index (χ0n) is 22.8. The molecule has 1 aliphatic rings. The van der Waals surface area contributed by atoms with Gasteiger partial charge >= 0.3 is 0 Å². The van der Waals surface area contributed by atoms with Gasteiger partial charge in [-0.25, -0.2) is 9.97 Å². The molecule has 3 heterocycles. The molecule has 206 valence electrons. The summed E-state index contributed by atoms with van der Waals surface area (Å²) < 4.78 is 0. The molecule has 4 aromatic rings. The third-order valence-electron chi connectivity index (χ3n) is 6.94. The second-order valence-corrected chi connectivity index (χ2v) is 9.65. The van der Waals surface area contributed by atoms with Crippen LogP contribution in [-0.4, -0.2) is 82.4 Å². The van der Waals surface area contributed by atoms with Crippen LogP contribution in [0.15, 0.2) is 67.1 Å². The molecule has 41 heavy (non-hydrogen) atoms. The Bertz CT molecular complexity index is 1650. The minimum Gasteiger partial charge on any atom is -0.355 e. The molecule has 0 spiro atoms. The normalized spacial score (nSPS) is 13.2. The number of nitriles is 1. The number of anilines is 2. The van der Waals surface area contributed by atoms with E-state index in [0.29, 0.717) is 55.3 Å². The number of H-pyrrole nitrogens is 1. The van der Waals surface area contributed by atoms with E-state index in [0.717, 1.165) is 29.7 Å². The molecule has 2 aromatic carbocycles. The second-order valence-electron chi connectivity index (χ2n) is 9.65. The molecule has 2 aromatic heterocycles. The van der Waals surface area contributed by atoms with Gasteiger partial charge in [0.15, 0.2) is 0 Å².